The van der Waals surface area contributed by atoms with Crippen molar-refractivity contribution in [3.63, 3.8) is 0 Å². The highest BCUT2D eigenvalue weighted by atomic mass is 16.5. The molecule has 1 fully saturated rings. The second-order valence-corrected chi connectivity index (χ2v) is 6.68. The molecule has 0 unspecified atom stereocenters. The van der Waals surface area contributed by atoms with Gasteiger partial charge in [0.15, 0.2) is 11.3 Å². The fourth-order valence-corrected chi connectivity index (χ4v) is 3.03. The minimum atomic E-state index is -0.750. The Balaban J connectivity index is 1.48. The molecule has 0 radical (unpaired) electrons. The minimum Gasteiger partial charge on any atom is -0.493 e. The number of carbonyl (C=O) groups is 1. The van der Waals surface area contributed by atoms with E-state index in [2.05, 4.69) is 10.4 Å². The molecule has 1 aromatic carbocycles. The monoisotopic (exact) mass is 381 g/mol. The van der Waals surface area contributed by atoms with Crippen LogP contribution in [-0.2, 0) is 6.54 Å². The van der Waals surface area contributed by atoms with Gasteiger partial charge < -0.3 is 14.5 Å². The Morgan fingerprint density at radius 2 is 2.11 bits per heavy atom. The molecule has 0 atom stereocenters. The Morgan fingerprint density at radius 3 is 2.86 bits per heavy atom. The van der Waals surface area contributed by atoms with Crippen molar-refractivity contribution in [2.45, 2.75) is 25.3 Å². The molecule has 1 aliphatic carbocycles. The van der Waals surface area contributed by atoms with E-state index in [0.29, 0.717) is 22.6 Å². The molecular weight excluding hydrogens is 362 g/mol. The number of ether oxygens (including phenoxy) is 1. The van der Waals surface area contributed by atoms with Crippen molar-refractivity contribution in [2.24, 2.45) is 0 Å². The SMILES string of the molecule is COc1cccc2cc(C(=O)NCCn3nc(C4CC4)ccc3=O)c(=O)oc12. The van der Waals surface area contributed by atoms with Crippen LogP contribution in [0.3, 0.4) is 0 Å². The van der Waals surface area contributed by atoms with Crippen LogP contribution in [0.25, 0.3) is 11.0 Å². The lowest BCUT2D eigenvalue weighted by atomic mass is 10.1. The van der Waals surface area contributed by atoms with Crippen LogP contribution >= 0.6 is 0 Å². The first kappa shape index (κ1) is 18.0. The molecule has 1 saturated carbocycles. The molecule has 0 spiro atoms. The fraction of sp³-hybridized carbons (Fsp3) is 0.300. The summed E-state index contributed by atoms with van der Waals surface area (Å²) in [5, 5.41) is 7.57. The summed E-state index contributed by atoms with van der Waals surface area (Å²) < 4.78 is 11.8. The van der Waals surface area contributed by atoms with Crippen LogP contribution in [0.1, 0.15) is 34.8 Å². The number of benzene rings is 1. The predicted octanol–water partition coefficient (Wildman–Crippen LogP) is 1.67. The van der Waals surface area contributed by atoms with E-state index in [9.17, 15) is 14.4 Å². The van der Waals surface area contributed by atoms with Gasteiger partial charge in [0.05, 0.1) is 19.3 Å². The number of amides is 1. The number of hydrogen-bond acceptors (Lipinski definition) is 6. The quantitative estimate of drug-likeness (QED) is 0.652. The first-order chi connectivity index (χ1) is 13.6. The number of nitrogens with one attached hydrogen (secondary N) is 1. The molecule has 2 heterocycles. The van der Waals surface area contributed by atoms with Gasteiger partial charge in [0.2, 0.25) is 0 Å². The second kappa shape index (κ2) is 7.30. The van der Waals surface area contributed by atoms with Crippen LogP contribution in [0.2, 0.25) is 0 Å². The van der Waals surface area contributed by atoms with Gasteiger partial charge in [-0.05, 0) is 31.0 Å². The highest BCUT2D eigenvalue weighted by molar-refractivity contribution is 5.97. The normalized spacial score (nSPS) is 13.5. The zero-order valence-electron chi connectivity index (χ0n) is 15.3. The molecule has 2 aromatic heterocycles. The molecule has 28 heavy (non-hydrogen) atoms. The highest BCUT2D eigenvalue weighted by Gasteiger charge is 2.25. The molecule has 0 bridgehead atoms. The molecule has 1 amide bonds. The van der Waals surface area contributed by atoms with Gasteiger partial charge in [-0.15, -0.1) is 0 Å². The second-order valence-electron chi connectivity index (χ2n) is 6.68. The van der Waals surface area contributed by atoms with Gasteiger partial charge >= 0.3 is 5.63 Å². The summed E-state index contributed by atoms with van der Waals surface area (Å²) in [6, 6.07) is 9.86. The van der Waals surface area contributed by atoms with Gasteiger partial charge in [-0.2, -0.15) is 5.10 Å². The molecular formula is C20H19N3O5. The largest absolute Gasteiger partial charge is 0.493 e. The van der Waals surface area contributed by atoms with E-state index in [1.165, 1.54) is 23.9 Å². The number of nitrogens with zero attached hydrogens (tertiary/aromatic N) is 2. The van der Waals surface area contributed by atoms with Crippen LogP contribution in [0.15, 0.2) is 50.4 Å². The number of fused-ring (bicyclic) bond motifs is 1. The lowest BCUT2D eigenvalue weighted by Crippen LogP contribution is -2.34. The van der Waals surface area contributed by atoms with Crippen molar-refractivity contribution in [3.05, 3.63) is 68.4 Å². The smallest absolute Gasteiger partial charge is 0.349 e. The third-order valence-corrected chi connectivity index (χ3v) is 4.68. The van der Waals surface area contributed by atoms with E-state index in [4.69, 9.17) is 9.15 Å². The van der Waals surface area contributed by atoms with Crippen LogP contribution in [0.5, 0.6) is 5.75 Å². The average molecular weight is 381 g/mol. The molecule has 0 aliphatic heterocycles. The van der Waals surface area contributed by atoms with E-state index >= 15 is 0 Å². The number of para-hydroxylation sites is 1. The van der Waals surface area contributed by atoms with Gasteiger partial charge in [0.25, 0.3) is 11.5 Å². The van der Waals surface area contributed by atoms with E-state index in [0.717, 1.165) is 18.5 Å². The molecule has 8 nitrogen and oxygen atoms in total. The maximum Gasteiger partial charge on any atom is 0.349 e. The number of methoxy groups -OCH3 is 1. The molecule has 0 saturated heterocycles. The minimum absolute atomic E-state index is 0.104. The molecule has 1 aliphatic rings. The molecule has 8 heteroatoms. The lowest BCUT2D eigenvalue weighted by Gasteiger charge is -2.08. The van der Waals surface area contributed by atoms with E-state index < -0.39 is 11.5 Å². The Hall–Kier alpha value is -3.42. The number of carbonyl (C=O) groups excluding carboxylic acids is 1. The fourth-order valence-electron chi connectivity index (χ4n) is 3.03. The van der Waals surface area contributed by atoms with E-state index in [-0.39, 0.29) is 24.2 Å². The average Bonchev–Trinajstić information content (AvgIpc) is 3.53. The summed E-state index contributed by atoms with van der Waals surface area (Å²) in [5.74, 6) is 0.285. The lowest BCUT2D eigenvalue weighted by molar-refractivity contribution is 0.0948. The third kappa shape index (κ3) is 3.53. The Kier molecular flexibility index (Phi) is 4.68. The predicted molar refractivity (Wildman–Crippen MR) is 102 cm³/mol. The van der Waals surface area contributed by atoms with Crippen LogP contribution < -0.4 is 21.2 Å². The highest BCUT2D eigenvalue weighted by Crippen LogP contribution is 2.38. The first-order valence-corrected chi connectivity index (χ1v) is 9.04. The molecule has 144 valence electrons. The van der Waals surface area contributed by atoms with Crippen molar-refractivity contribution < 1.29 is 13.9 Å². The Labute approximate surface area is 159 Å². The van der Waals surface area contributed by atoms with Gasteiger partial charge in [-0.1, -0.05) is 12.1 Å². The maximum absolute atomic E-state index is 12.4. The number of aromatic nitrogens is 2. The molecule has 1 N–H and O–H groups in total. The third-order valence-electron chi connectivity index (χ3n) is 4.68. The van der Waals surface area contributed by atoms with Crippen LogP contribution in [0.4, 0.5) is 0 Å². The number of hydrogen-bond donors (Lipinski definition) is 1. The molecule has 3 aromatic rings. The van der Waals surface area contributed by atoms with E-state index in [1.54, 1.807) is 24.3 Å². The van der Waals surface area contributed by atoms with Crippen molar-refractivity contribution in [1.82, 2.24) is 15.1 Å². The summed E-state index contributed by atoms with van der Waals surface area (Å²) in [6.45, 7) is 0.382. The number of rotatable bonds is 6. The van der Waals surface area contributed by atoms with Crippen molar-refractivity contribution in [1.29, 1.82) is 0 Å². The summed E-state index contributed by atoms with van der Waals surface area (Å²) in [4.78, 5) is 36.6. The topological polar surface area (TPSA) is 103 Å². The van der Waals surface area contributed by atoms with Crippen molar-refractivity contribution >= 4 is 16.9 Å². The Bertz CT molecular complexity index is 1160. The zero-order valence-corrected chi connectivity index (χ0v) is 15.3. The summed E-state index contributed by atoms with van der Waals surface area (Å²) in [6.07, 6.45) is 2.18. The van der Waals surface area contributed by atoms with Crippen LogP contribution in [0, 0.1) is 0 Å². The standard InChI is InChI=1S/C20H19N3O5/c1-27-16-4-2-3-13-11-14(20(26)28-18(13)16)19(25)21-9-10-23-17(24)8-7-15(22-23)12-5-6-12/h2-4,7-8,11-12H,5-6,9-10H2,1H3,(H,21,25). The van der Waals surface area contributed by atoms with E-state index in [1.807, 2.05) is 0 Å². The van der Waals surface area contributed by atoms with Gasteiger partial charge in [0, 0.05) is 23.9 Å². The summed E-state index contributed by atoms with van der Waals surface area (Å²) in [7, 11) is 1.48. The first-order valence-electron chi connectivity index (χ1n) is 9.04. The van der Waals surface area contributed by atoms with Crippen LogP contribution in [-0.4, -0.2) is 29.3 Å². The van der Waals surface area contributed by atoms with Gasteiger partial charge in [-0.3, -0.25) is 9.59 Å². The Morgan fingerprint density at radius 1 is 1.29 bits per heavy atom. The summed E-state index contributed by atoms with van der Waals surface area (Å²) in [5.41, 5.74) is 0.110. The summed E-state index contributed by atoms with van der Waals surface area (Å²) >= 11 is 0. The van der Waals surface area contributed by atoms with Gasteiger partial charge in [0.1, 0.15) is 5.56 Å². The van der Waals surface area contributed by atoms with Crippen molar-refractivity contribution in [2.75, 3.05) is 13.7 Å². The van der Waals surface area contributed by atoms with Crippen molar-refractivity contribution in [3.8, 4) is 5.75 Å². The molecule has 4 rings (SSSR count). The van der Waals surface area contributed by atoms with Gasteiger partial charge in [-0.25, -0.2) is 9.48 Å². The maximum atomic E-state index is 12.4. The zero-order chi connectivity index (χ0) is 19.7.